The lowest BCUT2D eigenvalue weighted by Crippen LogP contribution is -2.49. The number of carbonyl (C=O) groups is 1. The minimum atomic E-state index is 0.253. The van der Waals surface area contributed by atoms with Crippen LogP contribution in [0.3, 0.4) is 0 Å². The number of ether oxygens (including phenoxy) is 1. The van der Waals surface area contributed by atoms with Gasteiger partial charge in [0.15, 0.2) is 17.0 Å². The van der Waals surface area contributed by atoms with Gasteiger partial charge in [0.1, 0.15) is 0 Å². The van der Waals surface area contributed by atoms with E-state index in [0.717, 1.165) is 101 Å². The number of rotatable bonds is 8. The van der Waals surface area contributed by atoms with Gasteiger partial charge in [-0.15, -0.1) is 0 Å². The zero-order chi connectivity index (χ0) is 22.6. The first-order chi connectivity index (χ1) is 16.2. The van der Waals surface area contributed by atoms with Crippen LogP contribution in [-0.2, 0) is 16.1 Å². The van der Waals surface area contributed by atoms with Gasteiger partial charge in [-0.1, -0.05) is 6.92 Å². The molecule has 0 unspecified atom stereocenters. The van der Waals surface area contributed by atoms with Crippen molar-refractivity contribution in [2.75, 3.05) is 69.2 Å². The molecule has 0 aromatic carbocycles. The van der Waals surface area contributed by atoms with Crippen LogP contribution < -0.4 is 10.2 Å². The molecule has 2 aromatic heterocycles. The Kier molecular flexibility index (Phi) is 6.91. The molecule has 3 aliphatic rings. The number of anilines is 2. The van der Waals surface area contributed by atoms with E-state index in [9.17, 15) is 4.79 Å². The summed E-state index contributed by atoms with van der Waals surface area (Å²) in [6, 6.07) is 0.620. The molecule has 33 heavy (non-hydrogen) atoms. The topological polar surface area (TPSA) is 91.7 Å². The number of imidazole rings is 1. The SMILES string of the molecule is CCCNc1nc(N2CCC(N3CCOCC3)CC2)nc2c1ncn2CCN1CCCC1=O. The maximum absolute atomic E-state index is 12.0. The number of hydrogen-bond donors (Lipinski definition) is 1. The minimum absolute atomic E-state index is 0.253. The number of nitrogens with zero attached hydrogens (tertiary/aromatic N) is 7. The molecule has 3 saturated heterocycles. The van der Waals surface area contributed by atoms with Crippen LogP contribution in [-0.4, -0.2) is 100 Å². The maximum Gasteiger partial charge on any atom is 0.229 e. The van der Waals surface area contributed by atoms with Crippen molar-refractivity contribution in [3.05, 3.63) is 6.33 Å². The highest BCUT2D eigenvalue weighted by Crippen LogP contribution is 2.26. The first-order valence-corrected chi connectivity index (χ1v) is 12.5. The van der Waals surface area contributed by atoms with Crippen molar-refractivity contribution in [3.8, 4) is 0 Å². The van der Waals surface area contributed by atoms with Gasteiger partial charge in [0, 0.05) is 64.8 Å². The molecule has 180 valence electrons. The molecule has 5 rings (SSSR count). The lowest BCUT2D eigenvalue weighted by Gasteiger charge is -2.40. The van der Waals surface area contributed by atoms with Gasteiger partial charge in [-0.2, -0.15) is 9.97 Å². The summed E-state index contributed by atoms with van der Waals surface area (Å²) in [5.74, 6) is 1.84. The van der Waals surface area contributed by atoms with Gasteiger partial charge < -0.3 is 24.4 Å². The number of amides is 1. The first-order valence-electron chi connectivity index (χ1n) is 12.5. The van der Waals surface area contributed by atoms with E-state index in [1.165, 1.54) is 0 Å². The van der Waals surface area contributed by atoms with Crippen LogP contribution >= 0.6 is 0 Å². The molecular weight excluding hydrogens is 420 g/mol. The van der Waals surface area contributed by atoms with E-state index >= 15 is 0 Å². The number of nitrogens with one attached hydrogen (secondary N) is 1. The number of aromatic nitrogens is 4. The molecule has 3 fully saturated rings. The fourth-order valence-electron chi connectivity index (χ4n) is 5.15. The van der Waals surface area contributed by atoms with Crippen molar-refractivity contribution in [1.29, 1.82) is 0 Å². The summed E-state index contributed by atoms with van der Waals surface area (Å²) in [5.41, 5.74) is 1.66. The minimum Gasteiger partial charge on any atom is -0.379 e. The van der Waals surface area contributed by atoms with Gasteiger partial charge in [0.25, 0.3) is 0 Å². The molecule has 5 heterocycles. The van der Waals surface area contributed by atoms with Crippen molar-refractivity contribution >= 4 is 28.8 Å². The summed E-state index contributed by atoms with van der Waals surface area (Å²) in [5, 5.41) is 3.45. The molecule has 10 heteroatoms. The van der Waals surface area contributed by atoms with Crippen LogP contribution in [0.15, 0.2) is 6.33 Å². The van der Waals surface area contributed by atoms with Crippen molar-refractivity contribution in [2.24, 2.45) is 0 Å². The highest BCUT2D eigenvalue weighted by Gasteiger charge is 2.28. The lowest BCUT2D eigenvalue weighted by molar-refractivity contribution is -0.127. The highest BCUT2D eigenvalue weighted by molar-refractivity contribution is 5.84. The molecule has 1 N–H and O–H groups in total. The fraction of sp³-hybridized carbons (Fsp3) is 0.739. The second-order valence-electron chi connectivity index (χ2n) is 9.26. The van der Waals surface area contributed by atoms with E-state index in [4.69, 9.17) is 14.7 Å². The Hall–Kier alpha value is -2.46. The second kappa shape index (κ2) is 10.2. The molecule has 0 bridgehead atoms. The Labute approximate surface area is 195 Å². The average Bonchev–Trinajstić information content (AvgIpc) is 3.47. The van der Waals surface area contributed by atoms with Crippen LogP contribution in [0.1, 0.15) is 39.0 Å². The zero-order valence-electron chi connectivity index (χ0n) is 19.7. The lowest BCUT2D eigenvalue weighted by atomic mass is 10.0. The summed E-state index contributed by atoms with van der Waals surface area (Å²) >= 11 is 0. The molecule has 3 aliphatic heterocycles. The zero-order valence-corrected chi connectivity index (χ0v) is 19.7. The predicted octanol–water partition coefficient (Wildman–Crippen LogP) is 1.57. The Morgan fingerprint density at radius 1 is 1.09 bits per heavy atom. The standard InChI is InChI=1S/C23H36N8O2/c1-2-7-24-21-20-22(31(17-25-20)12-11-29-8-3-4-19(29)32)27-23(26-21)30-9-5-18(6-10-30)28-13-15-33-16-14-28/h17-18H,2-16H2,1H3,(H,24,26,27). The van der Waals surface area contributed by atoms with E-state index < -0.39 is 0 Å². The van der Waals surface area contributed by atoms with Gasteiger partial charge >= 0.3 is 0 Å². The molecular formula is C23H36N8O2. The Balaban J connectivity index is 1.33. The van der Waals surface area contributed by atoms with E-state index in [2.05, 4.69) is 31.6 Å². The molecule has 0 spiro atoms. The summed E-state index contributed by atoms with van der Waals surface area (Å²) < 4.78 is 7.59. The molecule has 1 amide bonds. The summed E-state index contributed by atoms with van der Waals surface area (Å²) in [6.07, 6.45) is 6.73. The highest BCUT2D eigenvalue weighted by atomic mass is 16.5. The first kappa shape index (κ1) is 22.3. The van der Waals surface area contributed by atoms with Gasteiger partial charge in [-0.25, -0.2) is 4.98 Å². The molecule has 0 atom stereocenters. The van der Waals surface area contributed by atoms with Crippen molar-refractivity contribution in [2.45, 2.75) is 51.6 Å². The monoisotopic (exact) mass is 456 g/mol. The third kappa shape index (κ3) is 4.91. The van der Waals surface area contributed by atoms with Crippen molar-refractivity contribution < 1.29 is 9.53 Å². The quantitative estimate of drug-likeness (QED) is 0.640. The Bertz CT molecular complexity index is 949. The molecule has 2 aromatic rings. The average molecular weight is 457 g/mol. The van der Waals surface area contributed by atoms with E-state index in [1.807, 2.05) is 11.2 Å². The van der Waals surface area contributed by atoms with Crippen LogP contribution in [0.2, 0.25) is 0 Å². The van der Waals surface area contributed by atoms with E-state index in [-0.39, 0.29) is 5.91 Å². The third-order valence-corrected chi connectivity index (χ3v) is 7.09. The van der Waals surface area contributed by atoms with Crippen LogP contribution in [0.4, 0.5) is 11.8 Å². The van der Waals surface area contributed by atoms with Crippen LogP contribution in [0.5, 0.6) is 0 Å². The number of likely N-dealkylation sites (tertiary alicyclic amines) is 1. The number of piperidine rings is 1. The van der Waals surface area contributed by atoms with Gasteiger partial charge in [-0.3, -0.25) is 9.69 Å². The summed E-state index contributed by atoms with van der Waals surface area (Å²) in [7, 11) is 0. The van der Waals surface area contributed by atoms with E-state index in [0.29, 0.717) is 25.6 Å². The van der Waals surface area contributed by atoms with Crippen LogP contribution in [0.25, 0.3) is 11.2 Å². The summed E-state index contributed by atoms with van der Waals surface area (Å²) in [6.45, 7) is 10.9. The maximum atomic E-state index is 12.0. The predicted molar refractivity (Wildman–Crippen MR) is 128 cm³/mol. The van der Waals surface area contributed by atoms with Gasteiger partial charge in [0.2, 0.25) is 11.9 Å². The Morgan fingerprint density at radius 2 is 1.91 bits per heavy atom. The third-order valence-electron chi connectivity index (χ3n) is 7.09. The van der Waals surface area contributed by atoms with Gasteiger partial charge in [0.05, 0.1) is 19.5 Å². The van der Waals surface area contributed by atoms with Crippen molar-refractivity contribution in [3.63, 3.8) is 0 Å². The second-order valence-corrected chi connectivity index (χ2v) is 9.26. The van der Waals surface area contributed by atoms with Gasteiger partial charge in [-0.05, 0) is 25.7 Å². The largest absolute Gasteiger partial charge is 0.379 e. The van der Waals surface area contributed by atoms with Crippen LogP contribution in [0, 0.1) is 0 Å². The number of hydrogen-bond acceptors (Lipinski definition) is 8. The molecule has 10 nitrogen and oxygen atoms in total. The smallest absolute Gasteiger partial charge is 0.229 e. The fourth-order valence-corrected chi connectivity index (χ4v) is 5.15. The normalized spacial score (nSPS) is 20.8. The van der Waals surface area contributed by atoms with E-state index in [1.54, 1.807) is 0 Å². The number of carbonyl (C=O) groups excluding carboxylic acids is 1. The molecule has 0 aliphatic carbocycles. The number of morpholine rings is 1. The molecule has 0 radical (unpaired) electrons. The molecule has 0 saturated carbocycles. The summed E-state index contributed by atoms with van der Waals surface area (Å²) in [4.78, 5) is 33.3. The number of fused-ring (bicyclic) bond motifs is 1. The Morgan fingerprint density at radius 3 is 2.64 bits per heavy atom. The van der Waals surface area contributed by atoms with Crippen molar-refractivity contribution in [1.82, 2.24) is 29.3 Å².